The molecule has 0 aliphatic carbocycles. The Morgan fingerprint density at radius 1 is 1.03 bits per heavy atom. The van der Waals surface area contributed by atoms with Crippen LogP contribution in [0.1, 0.15) is 19.3 Å². The number of amides is 1. The number of alkyl halides is 8. The third kappa shape index (κ3) is 7.01. The van der Waals surface area contributed by atoms with E-state index in [1.807, 2.05) is 0 Å². The van der Waals surface area contributed by atoms with E-state index in [4.69, 9.17) is 4.55 Å². The largest absolute Gasteiger partial charge is 0.466 e. The van der Waals surface area contributed by atoms with E-state index in [0.717, 1.165) is 0 Å². The summed E-state index contributed by atoms with van der Waals surface area (Å²) in [5, 5.41) is -3.13. The number of nitrogens with one attached hydrogen (secondary N) is 1. The minimum absolute atomic E-state index is 0.0574. The number of nitrogens with zero attached hydrogens (tertiary/aromatic N) is 1. The van der Waals surface area contributed by atoms with E-state index < -0.39 is 83.3 Å². The fourth-order valence-electron chi connectivity index (χ4n) is 2.73. The highest BCUT2D eigenvalue weighted by Crippen LogP contribution is 2.42. The molecule has 0 saturated carbocycles. The van der Waals surface area contributed by atoms with Crippen molar-refractivity contribution < 1.29 is 67.2 Å². The molecule has 0 aromatic heterocycles. The van der Waals surface area contributed by atoms with E-state index in [1.54, 1.807) is 0 Å². The predicted molar refractivity (Wildman–Crippen MR) is 101 cm³/mol. The molecular formula is C17H22F8N2O7S. The summed E-state index contributed by atoms with van der Waals surface area (Å²) in [7, 11) is -6.51. The summed E-state index contributed by atoms with van der Waals surface area (Å²) in [5.74, 6) is -13.5. The molecule has 0 aromatic rings. The topological polar surface area (TPSA) is 122 Å². The number of carbonyl (C=O) groups is 2. The summed E-state index contributed by atoms with van der Waals surface area (Å²) in [4.78, 5) is 25.2. The fourth-order valence-corrected chi connectivity index (χ4v) is 3.21. The monoisotopic (exact) mass is 550 g/mol. The average molecular weight is 550 g/mol. The third-order valence-electron chi connectivity index (χ3n) is 4.69. The molecule has 204 valence electrons. The van der Waals surface area contributed by atoms with E-state index >= 15 is 0 Å². The molecule has 18 heteroatoms. The predicted octanol–water partition coefficient (Wildman–Crippen LogP) is 2.05. The minimum Gasteiger partial charge on any atom is -0.412 e. The summed E-state index contributed by atoms with van der Waals surface area (Å²) in [6, 6.07) is 0. The van der Waals surface area contributed by atoms with Gasteiger partial charge in [0.2, 0.25) is 0 Å². The Morgan fingerprint density at radius 2 is 1.57 bits per heavy atom. The molecule has 1 heterocycles. The van der Waals surface area contributed by atoms with Gasteiger partial charge in [0.05, 0.1) is 12.2 Å². The van der Waals surface area contributed by atoms with E-state index in [0.29, 0.717) is 4.90 Å². The molecule has 0 spiro atoms. The first-order valence-electron chi connectivity index (χ1n) is 9.74. The molecule has 1 rings (SSSR count). The fraction of sp³-hybridized carbons (Fsp3) is 0.765. The van der Waals surface area contributed by atoms with Gasteiger partial charge in [-0.3, -0.25) is 9.35 Å². The van der Waals surface area contributed by atoms with Crippen LogP contribution < -0.4 is 5.32 Å². The second-order valence-electron chi connectivity index (χ2n) is 7.29. The Hall–Kier alpha value is -2.05. The van der Waals surface area contributed by atoms with E-state index in [9.17, 15) is 53.1 Å². The summed E-state index contributed by atoms with van der Waals surface area (Å²) >= 11 is 0. The van der Waals surface area contributed by atoms with Gasteiger partial charge in [0.1, 0.15) is 6.67 Å². The van der Waals surface area contributed by atoms with Crippen LogP contribution in [0, 0.1) is 0 Å². The van der Waals surface area contributed by atoms with Crippen LogP contribution in [0.25, 0.3) is 0 Å². The van der Waals surface area contributed by atoms with Crippen molar-refractivity contribution in [3.63, 3.8) is 0 Å². The highest BCUT2D eigenvalue weighted by Gasteiger charge is 2.68. The van der Waals surface area contributed by atoms with Crippen LogP contribution in [-0.4, -0.2) is 92.3 Å². The van der Waals surface area contributed by atoms with Crippen LogP contribution >= 0.6 is 0 Å². The number of hydrogen-bond acceptors (Lipinski definition) is 7. The van der Waals surface area contributed by atoms with Crippen LogP contribution in [0.3, 0.4) is 0 Å². The molecule has 2 N–H and O–H groups in total. The molecule has 0 bridgehead atoms. The van der Waals surface area contributed by atoms with Crippen molar-refractivity contribution in [2.24, 2.45) is 0 Å². The van der Waals surface area contributed by atoms with Gasteiger partial charge in [0.25, 0.3) is 0 Å². The molecule has 0 aromatic carbocycles. The second-order valence-corrected chi connectivity index (χ2v) is 8.75. The maximum Gasteiger partial charge on any atom is 0.466 e. The number of esters is 1. The first kappa shape index (κ1) is 31.0. The van der Waals surface area contributed by atoms with Crippen LogP contribution in [0.15, 0.2) is 12.2 Å². The molecule has 0 radical (unpaired) electrons. The Morgan fingerprint density at radius 3 is 2.03 bits per heavy atom. The van der Waals surface area contributed by atoms with Gasteiger partial charge in [0.15, 0.2) is 0 Å². The lowest BCUT2D eigenvalue weighted by Gasteiger charge is -2.38. The molecule has 9 nitrogen and oxygen atoms in total. The molecule has 1 unspecified atom stereocenters. The zero-order valence-corrected chi connectivity index (χ0v) is 18.7. The van der Waals surface area contributed by atoms with Gasteiger partial charge < -0.3 is 19.7 Å². The molecule has 1 atom stereocenters. The number of piperazine rings is 1. The molecular weight excluding hydrogens is 528 g/mol. The Balaban J connectivity index is 3.08. The van der Waals surface area contributed by atoms with Crippen molar-refractivity contribution in [1.82, 2.24) is 10.2 Å². The molecule has 1 amide bonds. The Bertz CT molecular complexity index is 891. The minimum atomic E-state index is -6.51. The number of hydrogen-bond donors (Lipinski definition) is 2. The molecule has 1 fully saturated rings. The highest BCUT2D eigenvalue weighted by atomic mass is 32.2. The number of rotatable bonds is 12. The smallest absolute Gasteiger partial charge is 0.412 e. The van der Waals surface area contributed by atoms with Crippen LogP contribution in [-0.2, 0) is 29.2 Å². The first-order valence-corrected chi connectivity index (χ1v) is 11.2. The highest BCUT2D eigenvalue weighted by molar-refractivity contribution is 7.87. The maximum absolute atomic E-state index is 14.0. The van der Waals surface area contributed by atoms with Crippen molar-refractivity contribution >= 4 is 22.0 Å². The third-order valence-corrected chi connectivity index (χ3v) is 5.63. The van der Waals surface area contributed by atoms with Gasteiger partial charge in [-0.1, -0.05) is 6.58 Å². The van der Waals surface area contributed by atoms with Crippen LogP contribution in [0.2, 0.25) is 0 Å². The molecule has 1 aliphatic heterocycles. The molecule has 1 aliphatic rings. The zero-order chi connectivity index (χ0) is 27.3. The van der Waals surface area contributed by atoms with Gasteiger partial charge in [-0.2, -0.15) is 39.2 Å². The lowest BCUT2D eigenvalue weighted by molar-refractivity contribution is -0.350. The van der Waals surface area contributed by atoms with Crippen molar-refractivity contribution in [2.75, 3.05) is 39.5 Å². The maximum atomic E-state index is 14.0. The lowest BCUT2D eigenvalue weighted by atomic mass is 10.1. The summed E-state index contributed by atoms with van der Waals surface area (Å²) in [5.41, 5.74) is -1.09. The van der Waals surface area contributed by atoms with Crippen molar-refractivity contribution in [2.45, 2.75) is 42.4 Å². The number of unbranched alkanes of at least 4 members (excludes halogenated alkanes) is 1. The van der Waals surface area contributed by atoms with Crippen molar-refractivity contribution in [1.29, 1.82) is 0 Å². The summed E-state index contributed by atoms with van der Waals surface area (Å²) in [6.45, 7) is -0.481. The van der Waals surface area contributed by atoms with E-state index in [-0.39, 0.29) is 26.2 Å². The Labute approximate surface area is 194 Å². The zero-order valence-electron chi connectivity index (χ0n) is 17.8. The van der Waals surface area contributed by atoms with Gasteiger partial charge in [0, 0.05) is 32.6 Å². The van der Waals surface area contributed by atoms with Crippen molar-refractivity contribution in [3.8, 4) is 0 Å². The lowest BCUT2D eigenvalue weighted by Crippen LogP contribution is -2.64. The van der Waals surface area contributed by atoms with Gasteiger partial charge in [-0.05, 0) is 12.8 Å². The van der Waals surface area contributed by atoms with E-state index in [1.165, 1.54) is 0 Å². The van der Waals surface area contributed by atoms with Gasteiger partial charge >= 0.3 is 45.1 Å². The first-order chi connectivity index (χ1) is 15.8. The van der Waals surface area contributed by atoms with E-state index in [2.05, 4.69) is 21.4 Å². The normalized spacial score (nSPS) is 17.6. The quantitative estimate of drug-likeness (QED) is 0.0946. The average Bonchev–Trinajstić information content (AvgIpc) is 2.75. The number of halogens is 8. The molecule has 35 heavy (non-hydrogen) atoms. The number of ether oxygens (including phenoxy) is 2. The molecule has 1 saturated heterocycles. The van der Waals surface area contributed by atoms with Crippen LogP contribution in [0.5, 0.6) is 0 Å². The van der Waals surface area contributed by atoms with Crippen LogP contribution in [0.4, 0.5) is 35.1 Å². The number of carbonyl (C=O) groups excluding carboxylic acids is 2. The van der Waals surface area contributed by atoms with Gasteiger partial charge in [-0.15, -0.1) is 0 Å². The summed E-state index contributed by atoms with van der Waals surface area (Å²) < 4.78 is 146. The second kappa shape index (κ2) is 11.3. The SMILES string of the molecule is C=C(CF)C(=O)OC(OCCCCC(F)(F)C(F)(F)S(=O)(=O)O)(C(=O)N1CCNCC1)C(F)(F)F. The standard InChI is InChI=1S/C17H22F8N2O7S/c1-11(10-18)12(28)34-15(16(21,22)23,13(29)27-7-5-26-6-8-27)33-9-3-2-4-14(19,20)17(24,25)35(30,31)32/h26H,1-10H2,(H,30,31,32). The van der Waals surface area contributed by atoms with Crippen molar-refractivity contribution in [3.05, 3.63) is 12.2 Å². The van der Waals surface area contributed by atoms with Gasteiger partial charge in [-0.25, -0.2) is 9.18 Å². The Kier molecular flexibility index (Phi) is 10.0. The summed E-state index contributed by atoms with van der Waals surface area (Å²) in [6.07, 6.45) is -9.63.